The van der Waals surface area contributed by atoms with E-state index in [-0.39, 0.29) is 0 Å². The summed E-state index contributed by atoms with van der Waals surface area (Å²) in [5.41, 5.74) is 8.97. The van der Waals surface area contributed by atoms with Crippen molar-refractivity contribution in [3.05, 3.63) is 41.5 Å². The predicted molar refractivity (Wildman–Crippen MR) is 84.0 cm³/mol. The van der Waals surface area contributed by atoms with Crippen LogP contribution in [0, 0.1) is 29.6 Å². The van der Waals surface area contributed by atoms with E-state index in [0.29, 0.717) is 0 Å². The minimum Gasteiger partial charge on any atom is -0.327 e. The first-order valence-electron chi connectivity index (χ1n) is 8.29. The summed E-state index contributed by atoms with van der Waals surface area (Å²) >= 11 is 0. The molecule has 4 fully saturated rings. The molecule has 4 saturated carbocycles. The molecule has 0 radical (unpaired) electrons. The molecule has 0 heterocycles. The Hall–Kier alpha value is -1.08. The van der Waals surface area contributed by atoms with Crippen LogP contribution in [-0.2, 0) is 0 Å². The van der Waals surface area contributed by atoms with Crippen molar-refractivity contribution in [2.24, 2.45) is 35.3 Å². The first-order chi connectivity index (χ1) is 9.83. The van der Waals surface area contributed by atoms with Gasteiger partial charge in [-0.3, -0.25) is 0 Å². The minimum absolute atomic E-state index is 0.738. The van der Waals surface area contributed by atoms with Crippen LogP contribution in [0.2, 0.25) is 0 Å². The smallest absolute Gasteiger partial charge is 0.0143 e. The third kappa shape index (κ3) is 2.13. The van der Waals surface area contributed by atoms with Crippen LogP contribution in [0.25, 0.3) is 6.08 Å². The van der Waals surface area contributed by atoms with Crippen molar-refractivity contribution >= 4 is 6.08 Å². The van der Waals surface area contributed by atoms with E-state index in [9.17, 15) is 0 Å². The van der Waals surface area contributed by atoms with Crippen molar-refractivity contribution in [1.29, 1.82) is 0 Å². The van der Waals surface area contributed by atoms with Crippen LogP contribution in [0.4, 0.5) is 0 Å². The van der Waals surface area contributed by atoms with Crippen molar-refractivity contribution in [2.75, 3.05) is 6.54 Å². The molecule has 5 rings (SSSR count). The average molecular weight is 267 g/mol. The standard InChI is InChI=1S/C19H25N/c20-12-18(7-13-4-2-1-3-5-13)19-16-8-14-6-15(10-16)11-17(19)9-14/h1-5,7,14-17,19H,6,8-12,20H2/b18-7+. The molecule has 0 spiro atoms. The quantitative estimate of drug-likeness (QED) is 0.876. The zero-order valence-electron chi connectivity index (χ0n) is 12.2. The number of benzene rings is 1. The van der Waals surface area contributed by atoms with E-state index < -0.39 is 0 Å². The zero-order valence-corrected chi connectivity index (χ0v) is 12.2. The van der Waals surface area contributed by atoms with Gasteiger partial charge in [-0.05, 0) is 67.3 Å². The molecule has 106 valence electrons. The predicted octanol–water partition coefficient (Wildman–Crippen LogP) is 4.10. The van der Waals surface area contributed by atoms with E-state index in [1.165, 1.54) is 43.2 Å². The van der Waals surface area contributed by atoms with Crippen LogP contribution in [-0.4, -0.2) is 6.54 Å². The second-order valence-corrected chi connectivity index (χ2v) is 7.29. The molecule has 20 heavy (non-hydrogen) atoms. The SMILES string of the molecule is NC/C(=C\c1ccccc1)C1C2CC3CC(C2)CC1C3. The Bertz CT molecular complexity index is 474. The molecule has 4 bridgehead atoms. The van der Waals surface area contributed by atoms with Crippen LogP contribution >= 0.6 is 0 Å². The second-order valence-electron chi connectivity index (χ2n) is 7.29. The highest BCUT2D eigenvalue weighted by Gasteiger charge is 2.48. The Morgan fingerprint density at radius 1 is 0.950 bits per heavy atom. The number of nitrogens with two attached hydrogens (primary N) is 1. The van der Waals surface area contributed by atoms with E-state index in [1.54, 1.807) is 0 Å². The van der Waals surface area contributed by atoms with Gasteiger partial charge in [0, 0.05) is 6.54 Å². The van der Waals surface area contributed by atoms with Gasteiger partial charge in [0.15, 0.2) is 0 Å². The topological polar surface area (TPSA) is 26.0 Å². The molecule has 1 nitrogen and oxygen atoms in total. The van der Waals surface area contributed by atoms with Crippen LogP contribution in [0.1, 0.15) is 37.7 Å². The fraction of sp³-hybridized carbons (Fsp3) is 0.579. The molecule has 4 aliphatic carbocycles. The molecule has 0 saturated heterocycles. The highest BCUT2D eigenvalue weighted by atomic mass is 14.6. The fourth-order valence-corrected chi connectivity index (χ4v) is 5.59. The third-order valence-corrected chi connectivity index (χ3v) is 6.04. The van der Waals surface area contributed by atoms with Gasteiger partial charge in [0.2, 0.25) is 0 Å². The van der Waals surface area contributed by atoms with Gasteiger partial charge >= 0.3 is 0 Å². The first-order valence-corrected chi connectivity index (χ1v) is 8.29. The summed E-state index contributed by atoms with van der Waals surface area (Å²) in [4.78, 5) is 0. The molecular weight excluding hydrogens is 242 g/mol. The van der Waals surface area contributed by atoms with Crippen LogP contribution in [0.15, 0.2) is 35.9 Å². The van der Waals surface area contributed by atoms with Gasteiger partial charge < -0.3 is 5.73 Å². The molecule has 0 aromatic heterocycles. The lowest BCUT2D eigenvalue weighted by Gasteiger charge is -2.55. The Kier molecular flexibility index (Phi) is 3.18. The molecule has 1 heteroatoms. The average Bonchev–Trinajstić information content (AvgIpc) is 2.46. The Morgan fingerprint density at radius 2 is 1.55 bits per heavy atom. The molecule has 0 amide bonds. The summed E-state index contributed by atoms with van der Waals surface area (Å²) in [6, 6.07) is 10.7. The van der Waals surface area contributed by atoms with E-state index >= 15 is 0 Å². The zero-order chi connectivity index (χ0) is 13.5. The normalized spacial score (nSPS) is 39.2. The summed E-state index contributed by atoms with van der Waals surface area (Å²) in [7, 11) is 0. The van der Waals surface area contributed by atoms with Gasteiger partial charge in [-0.2, -0.15) is 0 Å². The van der Waals surface area contributed by atoms with E-state index in [4.69, 9.17) is 5.73 Å². The monoisotopic (exact) mass is 267 g/mol. The van der Waals surface area contributed by atoms with Crippen molar-refractivity contribution in [3.8, 4) is 0 Å². The first kappa shape index (κ1) is 12.6. The van der Waals surface area contributed by atoms with Crippen molar-refractivity contribution in [3.63, 3.8) is 0 Å². The maximum atomic E-state index is 6.13. The molecule has 4 aliphatic rings. The summed E-state index contributed by atoms with van der Waals surface area (Å²) in [5.74, 6) is 4.75. The van der Waals surface area contributed by atoms with E-state index in [0.717, 1.165) is 36.1 Å². The van der Waals surface area contributed by atoms with Gasteiger partial charge in [0.1, 0.15) is 0 Å². The Morgan fingerprint density at radius 3 is 2.10 bits per heavy atom. The van der Waals surface area contributed by atoms with Gasteiger partial charge in [0.05, 0.1) is 0 Å². The van der Waals surface area contributed by atoms with Gasteiger partial charge in [-0.15, -0.1) is 0 Å². The maximum Gasteiger partial charge on any atom is 0.0143 e. The lowest BCUT2D eigenvalue weighted by atomic mass is 9.50. The molecule has 0 atom stereocenters. The lowest BCUT2D eigenvalue weighted by molar-refractivity contribution is -0.0207. The largest absolute Gasteiger partial charge is 0.327 e. The van der Waals surface area contributed by atoms with E-state index in [2.05, 4.69) is 36.4 Å². The van der Waals surface area contributed by atoms with Gasteiger partial charge in [-0.1, -0.05) is 42.0 Å². The second kappa shape index (κ2) is 5.04. The van der Waals surface area contributed by atoms with Crippen LogP contribution in [0.3, 0.4) is 0 Å². The Labute approximate surface area is 122 Å². The minimum atomic E-state index is 0.738. The lowest BCUT2D eigenvalue weighted by Crippen LogP contribution is -2.46. The molecule has 2 N–H and O–H groups in total. The summed E-state index contributed by atoms with van der Waals surface area (Å²) < 4.78 is 0. The molecule has 1 aromatic rings. The number of rotatable bonds is 3. The van der Waals surface area contributed by atoms with Crippen molar-refractivity contribution < 1.29 is 0 Å². The van der Waals surface area contributed by atoms with Crippen LogP contribution < -0.4 is 5.73 Å². The molecule has 1 aromatic carbocycles. The summed E-state index contributed by atoms with van der Waals surface area (Å²) in [5, 5.41) is 0. The molecule has 0 aliphatic heterocycles. The van der Waals surface area contributed by atoms with Gasteiger partial charge in [-0.25, -0.2) is 0 Å². The third-order valence-electron chi connectivity index (χ3n) is 6.04. The Balaban J connectivity index is 1.63. The maximum absolute atomic E-state index is 6.13. The summed E-state index contributed by atoms with van der Waals surface area (Å²) in [6.07, 6.45) is 9.81. The number of hydrogen-bond donors (Lipinski definition) is 1. The van der Waals surface area contributed by atoms with Crippen molar-refractivity contribution in [1.82, 2.24) is 0 Å². The molecular formula is C19H25N. The summed E-state index contributed by atoms with van der Waals surface area (Å²) in [6.45, 7) is 0.738. The van der Waals surface area contributed by atoms with Crippen molar-refractivity contribution in [2.45, 2.75) is 32.1 Å². The van der Waals surface area contributed by atoms with Gasteiger partial charge in [0.25, 0.3) is 0 Å². The number of hydrogen-bond acceptors (Lipinski definition) is 1. The molecule has 0 unspecified atom stereocenters. The van der Waals surface area contributed by atoms with E-state index in [1.807, 2.05) is 0 Å². The highest BCUT2D eigenvalue weighted by molar-refractivity contribution is 5.54. The fourth-order valence-electron chi connectivity index (χ4n) is 5.59. The van der Waals surface area contributed by atoms with Crippen LogP contribution in [0.5, 0.6) is 0 Å². The highest BCUT2D eigenvalue weighted by Crippen LogP contribution is 2.58.